The van der Waals surface area contributed by atoms with E-state index >= 15 is 0 Å². The van der Waals surface area contributed by atoms with Crippen molar-refractivity contribution in [2.75, 3.05) is 32.8 Å². The maximum absolute atomic E-state index is 11.8. The lowest BCUT2D eigenvalue weighted by atomic mass is 10.1. The van der Waals surface area contributed by atoms with E-state index in [1.165, 1.54) is 0 Å². The Balaban J connectivity index is 0.000000330. The van der Waals surface area contributed by atoms with Gasteiger partial charge in [0, 0.05) is 26.2 Å². The van der Waals surface area contributed by atoms with Gasteiger partial charge in [-0.25, -0.2) is 14.4 Å². The molecule has 2 amide bonds. The molecular weight excluding hydrogens is 420 g/mol. The summed E-state index contributed by atoms with van der Waals surface area (Å²) in [5.74, 6) is -0.968. The van der Waals surface area contributed by atoms with Gasteiger partial charge in [0.05, 0.1) is 12.2 Å². The minimum atomic E-state index is -0.968. The summed E-state index contributed by atoms with van der Waals surface area (Å²) in [7, 11) is 0. The Morgan fingerprint density at radius 3 is 1.50 bits per heavy atom. The molecule has 2 heterocycles. The van der Waals surface area contributed by atoms with Crippen molar-refractivity contribution in [3.63, 3.8) is 0 Å². The molecule has 10 nitrogen and oxygen atoms in total. The van der Waals surface area contributed by atoms with Crippen molar-refractivity contribution in [3.8, 4) is 0 Å². The van der Waals surface area contributed by atoms with Crippen LogP contribution in [0.5, 0.6) is 0 Å². The van der Waals surface area contributed by atoms with E-state index < -0.39 is 17.2 Å². The van der Waals surface area contributed by atoms with Gasteiger partial charge in [0.25, 0.3) is 0 Å². The number of likely N-dealkylation sites (tertiary alicyclic amines) is 2. The second-order valence-corrected chi connectivity index (χ2v) is 10.1. The number of hydrogen-bond donors (Lipinski definition) is 2. The molecule has 0 radical (unpaired) electrons. The van der Waals surface area contributed by atoms with Gasteiger partial charge in [0.1, 0.15) is 17.8 Å². The summed E-state index contributed by atoms with van der Waals surface area (Å²) in [6.45, 7) is 13.0. The first-order valence-corrected chi connectivity index (χ1v) is 11.1. The number of carboxylic acid groups (broad SMARTS) is 1. The Morgan fingerprint density at radius 2 is 1.16 bits per heavy atom. The number of hydrogen-bond acceptors (Lipinski definition) is 7. The highest BCUT2D eigenvalue weighted by Gasteiger charge is 2.28. The number of carbonyl (C=O) groups excluding carboxylic acids is 2. The van der Waals surface area contributed by atoms with Gasteiger partial charge in [-0.1, -0.05) is 0 Å². The molecule has 186 valence electrons. The normalized spacial score (nSPS) is 18.5. The molecule has 2 rings (SSSR count). The SMILES string of the molecule is CC(C)(C)OC(=O)N1CCC(O)CC1.CC(C)(C)OC(=O)N1CCC(OCC(=O)O)CC1. The first-order valence-electron chi connectivity index (χ1n) is 11.1. The van der Waals surface area contributed by atoms with E-state index in [2.05, 4.69) is 0 Å². The third-order valence-corrected chi connectivity index (χ3v) is 4.65. The zero-order valence-corrected chi connectivity index (χ0v) is 20.3. The lowest BCUT2D eigenvalue weighted by Gasteiger charge is -2.33. The minimum Gasteiger partial charge on any atom is -0.480 e. The highest BCUT2D eigenvalue weighted by Crippen LogP contribution is 2.17. The molecule has 0 saturated carbocycles. The van der Waals surface area contributed by atoms with Crippen molar-refractivity contribution in [2.45, 2.75) is 90.6 Å². The van der Waals surface area contributed by atoms with E-state index in [-0.39, 0.29) is 31.0 Å². The molecule has 32 heavy (non-hydrogen) atoms. The van der Waals surface area contributed by atoms with Gasteiger partial charge in [-0.3, -0.25) is 0 Å². The number of ether oxygens (including phenoxy) is 3. The van der Waals surface area contributed by atoms with Gasteiger partial charge in [-0.15, -0.1) is 0 Å². The van der Waals surface area contributed by atoms with Gasteiger partial charge in [0.2, 0.25) is 0 Å². The number of aliphatic carboxylic acids is 1. The second-order valence-electron chi connectivity index (χ2n) is 10.1. The first-order chi connectivity index (χ1) is 14.7. The molecule has 2 fully saturated rings. The number of piperidine rings is 2. The molecular formula is C22H40N2O8. The zero-order valence-electron chi connectivity index (χ0n) is 20.3. The van der Waals surface area contributed by atoms with Crippen LogP contribution in [0.25, 0.3) is 0 Å². The number of carbonyl (C=O) groups is 3. The molecule has 2 N–H and O–H groups in total. The van der Waals surface area contributed by atoms with Crippen LogP contribution in [0.3, 0.4) is 0 Å². The fourth-order valence-corrected chi connectivity index (χ4v) is 3.10. The van der Waals surface area contributed by atoms with Crippen LogP contribution in [-0.2, 0) is 19.0 Å². The van der Waals surface area contributed by atoms with E-state index in [0.29, 0.717) is 51.9 Å². The lowest BCUT2D eigenvalue weighted by Crippen LogP contribution is -2.43. The molecule has 0 aromatic heterocycles. The summed E-state index contributed by atoms with van der Waals surface area (Å²) in [5, 5.41) is 17.8. The van der Waals surface area contributed by atoms with Crippen LogP contribution in [0.1, 0.15) is 67.2 Å². The maximum Gasteiger partial charge on any atom is 0.410 e. The van der Waals surface area contributed by atoms with Crippen molar-refractivity contribution in [1.82, 2.24) is 9.80 Å². The fourth-order valence-electron chi connectivity index (χ4n) is 3.10. The number of amides is 2. The summed E-state index contributed by atoms with van der Waals surface area (Å²) in [6, 6.07) is 0. The van der Waals surface area contributed by atoms with E-state index in [1.807, 2.05) is 41.5 Å². The zero-order chi connectivity index (χ0) is 24.5. The monoisotopic (exact) mass is 460 g/mol. The van der Waals surface area contributed by atoms with Crippen LogP contribution in [0.2, 0.25) is 0 Å². The Hall–Kier alpha value is -2.07. The third-order valence-electron chi connectivity index (χ3n) is 4.65. The predicted molar refractivity (Wildman–Crippen MR) is 117 cm³/mol. The molecule has 0 bridgehead atoms. The van der Waals surface area contributed by atoms with Crippen LogP contribution in [-0.4, -0.2) is 94.4 Å². The number of nitrogens with zero attached hydrogens (tertiary/aromatic N) is 2. The molecule has 0 aliphatic carbocycles. The van der Waals surface area contributed by atoms with Crippen LogP contribution in [0, 0.1) is 0 Å². The molecule has 0 aromatic rings. The van der Waals surface area contributed by atoms with E-state index in [4.69, 9.17) is 19.3 Å². The molecule has 2 aliphatic heterocycles. The fraction of sp³-hybridized carbons (Fsp3) is 0.864. The van der Waals surface area contributed by atoms with E-state index in [9.17, 15) is 19.5 Å². The van der Waals surface area contributed by atoms with Crippen molar-refractivity contribution in [1.29, 1.82) is 0 Å². The van der Waals surface area contributed by atoms with Gasteiger partial charge in [-0.2, -0.15) is 0 Å². The molecule has 10 heteroatoms. The number of aliphatic hydroxyl groups excluding tert-OH is 1. The van der Waals surface area contributed by atoms with Gasteiger partial charge < -0.3 is 34.2 Å². The molecule has 0 spiro atoms. The number of carboxylic acids is 1. The average molecular weight is 461 g/mol. The van der Waals surface area contributed by atoms with Crippen molar-refractivity contribution < 1.29 is 38.8 Å². The van der Waals surface area contributed by atoms with Crippen LogP contribution in [0.4, 0.5) is 9.59 Å². The Kier molecular flexibility index (Phi) is 10.7. The predicted octanol–water partition coefficient (Wildman–Crippen LogP) is 2.87. The Bertz CT molecular complexity index is 610. The summed E-state index contributed by atoms with van der Waals surface area (Å²) >= 11 is 0. The number of aliphatic hydroxyl groups is 1. The average Bonchev–Trinajstić information content (AvgIpc) is 2.65. The summed E-state index contributed by atoms with van der Waals surface area (Å²) in [6.07, 6.45) is 1.66. The molecule has 2 saturated heterocycles. The van der Waals surface area contributed by atoms with Crippen LogP contribution < -0.4 is 0 Å². The third kappa shape index (κ3) is 12.1. The summed E-state index contributed by atoms with van der Waals surface area (Å²) in [5.41, 5.74) is -0.930. The summed E-state index contributed by atoms with van der Waals surface area (Å²) < 4.78 is 15.7. The van der Waals surface area contributed by atoms with E-state index in [1.54, 1.807) is 9.80 Å². The summed E-state index contributed by atoms with van der Waals surface area (Å²) in [4.78, 5) is 36.9. The topological polar surface area (TPSA) is 126 Å². The second kappa shape index (κ2) is 12.2. The quantitative estimate of drug-likeness (QED) is 0.658. The highest BCUT2D eigenvalue weighted by atomic mass is 16.6. The van der Waals surface area contributed by atoms with Crippen LogP contribution >= 0.6 is 0 Å². The van der Waals surface area contributed by atoms with Gasteiger partial charge in [0.15, 0.2) is 0 Å². The first kappa shape index (κ1) is 28.0. The van der Waals surface area contributed by atoms with Gasteiger partial charge >= 0.3 is 18.2 Å². The van der Waals surface area contributed by atoms with Crippen molar-refractivity contribution in [2.24, 2.45) is 0 Å². The maximum atomic E-state index is 11.8. The Morgan fingerprint density at radius 1 is 0.781 bits per heavy atom. The van der Waals surface area contributed by atoms with Crippen molar-refractivity contribution in [3.05, 3.63) is 0 Å². The lowest BCUT2D eigenvalue weighted by molar-refractivity contribution is -0.145. The van der Waals surface area contributed by atoms with Crippen LogP contribution in [0.15, 0.2) is 0 Å². The molecule has 0 aromatic carbocycles. The smallest absolute Gasteiger partial charge is 0.410 e. The Labute approximate surface area is 190 Å². The largest absolute Gasteiger partial charge is 0.480 e. The number of rotatable bonds is 3. The van der Waals surface area contributed by atoms with E-state index in [0.717, 1.165) is 0 Å². The molecule has 0 atom stereocenters. The molecule has 2 aliphatic rings. The minimum absolute atomic E-state index is 0.0835. The molecule has 0 unspecified atom stereocenters. The van der Waals surface area contributed by atoms with Gasteiger partial charge in [-0.05, 0) is 67.2 Å². The highest BCUT2D eigenvalue weighted by molar-refractivity contribution is 5.69. The standard InChI is InChI=1S/C12H21NO5.C10H19NO3/c1-12(2,3)18-11(16)13-6-4-9(5-7-13)17-8-10(14)15;1-10(2,3)14-9(13)11-6-4-8(12)5-7-11/h9H,4-8H2,1-3H3,(H,14,15);8,12H,4-7H2,1-3H3. The van der Waals surface area contributed by atoms with Crippen molar-refractivity contribution >= 4 is 18.2 Å².